The third kappa shape index (κ3) is 4.03. The topological polar surface area (TPSA) is 42.0 Å². The average molecular weight is 293 g/mol. The normalized spacial score (nSPS) is 10.3. The molecule has 2 aromatic rings. The van der Waals surface area contributed by atoms with Gasteiger partial charge in [-0.25, -0.2) is 4.39 Å². The summed E-state index contributed by atoms with van der Waals surface area (Å²) in [5.74, 6) is -0.648. The van der Waals surface area contributed by atoms with Crippen molar-refractivity contribution in [1.82, 2.24) is 4.98 Å². The number of hydrogen-bond acceptors (Lipinski definition) is 2. The molecule has 0 saturated heterocycles. The Balaban J connectivity index is 1.91. The SMILES string of the molecule is Cc1cncc(CCC(=O)Nc2ccc(F)c(Cl)c2)c1. The van der Waals surface area contributed by atoms with Gasteiger partial charge in [-0.15, -0.1) is 0 Å². The Morgan fingerprint density at radius 3 is 2.85 bits per heavy atom. The van der Waals surface area contributed by atoms with Gasteiger partial charge in [0.2, 0.25) is 5.91 Å². The fourth-order valence-electron chi connectivity index (χ4n) is 1.81. The van der Waals surface area contributed by atoms with Gasteiger partial charge >= 0.3 is 0 Å². The second-order valence-electron chi connectivity index (χ2n) is 4.55. The van der Waals surface area contributed by atoms with Crippen LogP contribution in [0.15, 0.2) is 36.7 Å². The molecule has 0 atom stereocenters. The lowest BCUT2D eigenvalue weighted by Crippen LogP contribution is -2.12. The minimum Gasteiger partial charge on any atom is -0.326 e. The van der Waals surface area contributed by atoms with E-state index in [4.69, 9.17) is 11.6 Å². The summed E-state index contributed by atoms with van der Waals surface area (Å²) in [6.07, 6.45) is 4.45. The molecule has 0 bridgehead atoms. The highest BCUT2D eigenvalue weighted by atomic mass is 35.5. The van der Waals surface area contributed by atoms with Crippen LogP contribution in [0.25, 0.3) is 0 Å². The van der Waals surface area contributed by atoms with Gasteiger partial charge in [0.1, 0.15) is 5.82 Å². The number of anilines is 1. The van der Waals surface area contributed by atoms with Gasteiger partial charge in [0.25, 0.3) is 0 Å². The standard InChI is InChI=1S/C15H14ClFN2O/c1-10-6-11(9-18-8-10)2-5-15(20)19-12-3-4-14(17)13(16)7-12/h3-4,6-9H,2,5H2,1H3,(H,19,20). The number of aromatic nitrogens is 1. The number of aryl methyl sites for hydroxylation is 2. The van der Waals surface area contributed by atoms with E-state index in [1.165, 1.54) is 18.2 Å². The molecule has 0 aliphatic heterocycles. The van der Waals surface area contributed by atoms with Crippen molar-refractivity contribution < 1.29 is 9.18 Å². The number of nitrogens with one attached hydrogen (secondary N) is 1. The Bertz CT molecular complexity index is 631. The Hall–Kier alpha value is -1.94. The van der Waals surface area contributed by atoms with Gasteiger partial charge in [0.05, 0.1) is 5.02 Å². The van der Waals surface area contributed by atoms with Crippen LogP contribution in [-0.2, 0) is 11.2 Å². The van der Waals surface area contributed by atoms with Gasteiger partial charge in [-0.1, -0.05) is 17.7 Å². The van der Waals surface area contributed by atoms with E-state index in [1.807, 2.05) is 13.0 Å². The van der Waals surface area contributed by atoms with Crippen molar-refractivity contribution in [3.8, 4) is 0 Å². The lowest BCUT2D eigenvalue weighted by atomic mass is 10.1. The molecule has 0 unspecified atom stereocenters. The summed E-state index contributed by atoms with van der Waals surface area (Å²) < 4.78 is 13.0. The van der Waals surface area contributed by atoms with Crippen molar-refractivity contribution in [2.45, 2.75) is 19.8 Å². The van der Waals surface area contributed by atoms with Crippen LogP contribution >= 0.6 is 11.6 Å². The molecule has 1 aromatic heterocycles. The summed E-state index contributed by atoms with van der Waals surface area (Å²) >= 11 is 5.65. The molecule has 0 aliphatic carbocycles. The molecule has 0 saturated carbocycles. The Morgan fingerprint density at radius 1 is 1.35 bits per heavy atom. The van der Waals surface area contributed by atoms with Crippen LogP contribution < -0.4 is 5.32 Å². The molecular formula is C15H14ClFN2O. The highest BCUT2D eigenvalue weighted by Gasteiger charge is 2.06. The van der Waals surface area contributed by atoms with Crippen LogP contribution in [0, 0.1) is 12.7 Å². The fraction of sp³-hybridized carbons (Fsp3) is 0.200. The first-order valence-electron chi connectivity index (χ1n) is 6.20. The number of hydrogen-bond donors (Lipinski definition) is 1. The van der Waals surface area contributed by atoms with Gasteiger partial charge in [-0.3, -0.25) is 9.78 Å². The minimum absolute atomic E-state index is 0.00863. The maximum absolute atomic E-state index is 13.0. The zero-order chi connectivity index (χ0) is 14.5. The average Bonchev–Trinajstić information content (AvgIpc) is 2.41. The number of halogens is 2. The number of amides is 1. The summed E-state index contributed by atoms with van der Waals surface area (Å²) in [5.41, 5.74) is 2.56. The van der Waals surface area contributed by atoms with Gasteiger partial charge < -0.3 is 5.32 Å². The number of benzene rings is 1. The summed E-state index contributed by atoms with van der Waals surface area (Å²) in [6.45, 7) is 1.96. The zero-order valence-corrected chi connectivity index (χ0v) is 11.7. The molecule has 1 heterocycles. The summed E-state index contributed by atoms with van der Waals surface area (Å²) in [7, 11) is 0. The van der Waals surface area contributed by atoms with Crippen LogP contribution in [0.3, 0.4) is 0 Å². The predicted molar refractivity (Wildman–Crippen MR) is 77.3 cm³/mol. The molecule has 2 rings (SSSR count). The van der Waals surface area contributed by atoms with E-state index in [1.54, 1.807) is 12.4 Å². The van der Waals surface area contributed by atoms with Crippen molar-refractivity contribution in [3.63, 3.8) is 0 Å². The maximum Gasteiger partial charge on any atom is 0.224 e. The number of pyridine rings is 1. The van der Waals surface area contributed by atoms with Gasteiger partial charge in [0.15, 0.2) is 0 Å². The fourth-order valence-corrected chi connectivity index (χ4v) is 1.99. The van der Waals surface area contributed by atoms with E-state index < -0.39 is 5.82 Å². The quantitative estimate of drug-likeness (QED) is 0.932. The highest BCUT2D eigenvalue weighted by molar-refractivity contribution is 6.31. The van der Waals surface area contributed by atoms with Crippen molar-refractivity contribution >= 4 is 23.2 Å². The molecular weight excluding hydrogens is 279 g/mol. The van der Waals surface area contributed by atoms with Crippen LogP contribution in [-0.4, -0.2) is 10.9 Å². The summed E-state index contributed by atoms with van der Waals surface area (Å²) in [5, 5.41) is 2.68. The molecule has 3 nitrogen and oxygen atoms in total. The number of carbonyl (C=O) groups excluding carboxylic acids is 1. The third-order valence-corrected chi connectivity index (χ3v) is 3.07. The van der Waals surface area contributed by atoms with Crippen molar-refractivity contribution in [2.24, 2.45) is 0 Å². The van der Waals surface area contributed by atoms with Crippen LogP contribution in [0.4, 0.5) is 10.1 Å². The molecule has 1 amide bonds. The molecule has 20 heavy (non-hydrogen) atoms. The van der Waals surface area contributed by atoms with Gasteiger partial charge in [-0.05, 0) is 42.7 Å². The first-order chi connectivity index (χ1) is 9.54. The molecule has 0 aliphatic rings. The summed E-state index contributed by atoms with van der Waals surface area (Å²) in [6, 6.07) is 6.09. The first kappa shape index (κ1) is 14.5. The monoisotopic (exact) mass is 292 g/mol. The zero-order valence-electron chi connectivity index (χ0n) is 11.0. The van der Waals surface area contributed by atoms with E-state index >= 15 is 0 Å². The van der Waals surface area contributed by atoms with Crippen LogP contribution in [0.1, 0.15) is 17.5 Å². The van der Waals surface area contributed by atoms with E-state index in [9.17, 15) is 9.18 Å². The molecule has 1 aromatic carbocycles. The van der Waals surface area contributed by atoms with Crippen molar-refractivity contribution in [2.75, 3.05) is 5.32 Å². The predicted octanol–water partition coefficient (Wildman–Crippen LogP) is 3.75. The van der Waals surface area contributed by atoms with E-state index in [-0.39, 0.29) is 10.9 Å². The molecule has 104 valence electrons. The first-order valence-corrected chi connectivity index (χ1v) is 6.58. The van der Waals surface area contributed by atoms with Crippen molar-refractivity contribution in [1.29, 1.82) is 0 Å². The highest BCUT2D eigenvalue weighted by Crippen LogP contribution is 2.19. The van der Waals surface area contributed by atoms with Gasteiger partial charge in [0, 0.05) is 24.5 Å². The Labute approximate surface area is 121 Å². The van der Waals surface area contributed by atoms with Gasteiger partial charge in [-0.2, -0.15) is 0 Å². The second kappa shape index (κ2) is 6.48. The summed E-state index contributed by atoms with van der Waals surface area (Å²) in [4.78, 5) is 15.9. The van der Waals surface area contributed by atoms with Crippen LogP contribution in [0.5, 0.6) is 0 Å². The molecule has 0 radical (unpaired) electrons. The number of rotatable bonds is 4. The Kier molecular flexibility index (Phi) is 4.69. The molecule has 0 fully saturated rings. The maximum atomic E-state index is 13.0. The third-order valence-electron chi connectivity index (χ3n) is 2.78. The molecule has 0 spiro atoms. The van der Waals surface area contributed by atoms with Crippen molar-refractivity contribution in [3.05, 3.63) is 58.6 Å². The molecule has 1 N–H and O–H groups in total. The van der Waals surface area contributed by atoms with E-state index in [0.29, 0.717) is 18.5 Å². The minimum atomic E-state index is -0.504. The Morgan fingerprint density at radius 2 is 2.15 bits per heavy atom. The smallest absolute Gasteiger partial charge is 0.224 e. The van der Waals surface area contributed by atoms with Crippen LogP contribution in [0.2, 0.25) is 5.02 Å². The molecule has 5 heteroatoms. The van der Waals surface area contributed by atoms with E-state index in [0.717, 1.165) is 11.1 Å². The lowest BCUT2D eigenvalue weighted by molar-refractivity contribution is -0.116. The lowest BCUT2D eigenvalue weighted by Gasteiger charge is -2.06. The number of carbonyl (C=O) groups is 1. The second-order valence-corrected chi connectivity index (χ2v) is 4.95. The van der Waals surface area contributed by atoms with E-state index in [2.05, 4.69) is 10.3 Å². The number of nitrogens with zero attached hydrogens (tertiary/aromatic N) is 1. The largest absolute Gasteiger partial charge is 0.326 e.